The summed E-state index contributed by atoms with van der Waals surface area (Å²) in [6, 6.07) is 28.5. The van der Waals surface area contributed by atoms with Gasteiger partial charge >= 0.3 is 0 Å². The van der Waals surface area contributed by atoms with Crippen LogP contribution in [0.15, 0.2) is 108 Å². The second-order valence-corrected chi connectivity index (χ2v) is 13.5. The number of halogens is 1. The van der Waals surface area contributed by atoms with Crippen molar-refractivity contribution in [1.29, 1.82) is 0 Å². The van der Waals surface area contributed by atoms with E-state index in [0.717, 1.165) is 21.0 Å². The van der Waals surface area contributed by atoms with Gasteiger partial charge < -0.3 is 15.0 Å². The van der Waals surface area contributed by atoms with Crippen molar-refractivity contribution in [2.75, 3.05) is 17.5 Å². The summed E-state index contributed by atoms with van der Waals surface area (Å²) in [6.45, 7) is 7.27. The maximum Gasteiger partial charge on any atom is 0.264 e. The average molecular weight is 662 g/mol. The molecule has 0 bridgehead atoms. The van der Waals surface area contributed by atoms with Crippen molar-refractivity contribution in [3.8, 4) is 5.75 Å². The number of carbonyl (C=O) groups is 2. The molecule has 4 rings (SSSR count). The Morgan fingerprint density at radius 2 is 1.48 bits per heavy atom. The number of benzene rings is 4. The van der Waals surface area contributed by atoms with E-state index in [2.05, 4.69) is 5.32 Å². The summed E-state index contributed by atoms with van der Waals surface area (Å²) in [7, 11) is -4.30. The van der Waals surface area contributed by atoms with Crippen molar-refractivity contribution in [3.05, 3.63) is 125 Å². The molecule has 242 valence electrons. The number of anilines is 1. The van der Waals surface area contributed by atoms with Gasteiger partial charge in [-0.2, -0.15) is 0 Å². The Morgan fingerprint density at radius 3 is 2.11 bits per heavy atom. The molecule has 0 radical (unpaired) electrons. The zero-order valence-corrected chi connectivity index (χ0v) is 28.1. The average Bonchev–Trinajstić information content (AvgIpc) is 3.03. The van der Waals surface area contributed by atoms with E-state index in [1.165, 1.54) is 29.2 Å². The minimum atomic E-state index is -4.30. The number of sulfonamides is 1. The summed E-state index contributed by atoms with van der Waals surface area (Å²) in [4.78, 5) is 29.9. The predicted octanol–water partition coefficient (Wildman–Crippen LogP) is 6.41. The maximum absolute atomic E-state index is 14.6. The van der Waals surface area contributed by atoms with Gasteiger partial charge in [-0.05, 0) is 75.2 Å². The second-order valence-electron chi connectivity index (χ2n) is 11.2. The molecule has 0 fully saturated rings. The standard InChI is InChI=1S/C36H40ClN3O5S/c1-5-45-34-14-10-9-13-32(34)40(46(43,44)31-21-19-30(37)20-22-31)25-35(41)39(24-29-17-15-27(4)16-18-29)33(36(42)38-26(2)3)23-28-11-7-6-8-12-28/h6-22,26,33H,5,23-25H2,1-4H3,(H,38,42). The van der Waals surface area contributed by atoms with Crippen molar-refractivity contribution in [3.63, 3.8) is 0 Å². The lowest BCUT2D eigenvalue weighted by molar-refractivity contribution is -0.140. The van der Waals surface area contributed by atoms with Gasteiger partial charge in [0.05, 0.1) is 17.2 Å². The molecule has 1 unspecified atom stereocenters. The summed E-state index contributed by atoms with van der Waals surface area (Å²) in [5.74, 6) is -0.579. The molecule has 2 amide bonds. The highest BCUT2D eigenvalue weighted by Crippen LogP contribution is 2.33. The normalized spacial score (nSPS) is 12.0. The molecule has 4 aromatic rings. The fourth-order valence-electron chi connectivity index (χ4n) is 5.01. The molecule has 0 aromatic heterocycles. The number of carbonyl (C=O) groups excluding carboxylic acids is 2. The quantitative estimate of drug-likeness (QED) is 0.169. The molecule has 0 saturated carbocycles. The fourth-order valence-corrected chi connectivity index (χ4v) is 6.56. The number of ether oxygens (including phenoxy) is 1. The summed E-state index contributed by atoms with van der Waals surface area (Å²) >= 11 is 6.08. The first-order chi connectivity index (χ1) is 22.0. The molecule has 0 aliphatic rings. The minimum Gasteiger partial charge on any atom is -0.492 e. The Kier molecular flexibility index (Phi) is 11.8. The van der Waals surface area contributed by atoms with Crippen LogP contribution < -0.4 is 14.4 Å². The molecule has 0 spiro atoms. The number of hydrogen-bond acceptors (Lipinski definition) is 5. The molecule has 4 aromatic carbocycles. The Hall–Kier alpha value is -4.34. The van der Waals surface area contributed by atoms with E-state index < -0.39 is 28.5 Å². The number of rotatable bonds is 14. The van der Waals surface area contributed by atoms with Gasteiger partial charge in [0.15, 0.2) is 0 Å². The number of nitrogens with zero attached hydrogens (tertiary/aromatic N) is 2. The largest absolute Gasteiger partial charge is 0.492 e. The van der Waals surface area contributed by atoms with Gasteiger partial charge in [0, 0.05) is 24.0 Å². The van der Waals surface area contributed by atoms with Crippen molar-refractivity contribution >= 4 is 39.1 Å². The van der Waals surface area contributed by atoms with Crippen molar-refractivity contribution in [1.82, 2.24) is 10.2 Å². The summed E-state index contributed by atoms with van der Waals surface area (Å²) in [5.41, 5.74) is 2.92. The highest BCUT2D eigenvalue weighted by Gasteiger charge is 2.35. The first-order valence-corrected chi connectivity index (χ1v) is 17.0. The third-order valence-corrected chi connectivity index (χ3v) is 9.32. The number of amides is 2. The van der Waals surface area contributed by atoms with E-state index in [1.54, 1.807) is 31.2 Å². The van der Waals surface area contributed by atoms with Gasteiger partial charge in [0.1, 0.15) is 18.3 Å². The van der Waals surface area contributed by atoms with E-state index in [1.807, 2.05) is 75.4 Å². The number of nitrogens with one attached hydrogen (secondary N) is 1. The van der Waals surface area contributed by atoms with Crippen LogP contribution in [0.4, 0.5) is 5.69 Å². The molecular formula is C36H40ClN3O5S. The van der Waals surface area contributed by atoms with Crippen LogP contribution in [-0.2, 0) is 32.6 Å². The molecule has 0 aliphatic carbocycles. The third-order valence-electron chi connectivity index (χ3n) is 7.29. The lowest BCUT2D eigenvalue weighted by Crippen LogP contribution is -2.54. The maximum atomic E-state index is 14.6. The molecule has 1 N–H and O–H groups in total. The van der Waals surface area contributed by atoms with Crippen LogP contribution in [-0.4, -0.2) is 50.4 Å². The number of hydrogen-bond donors (Lipinski definition) is 1. The first kappa shape index (κ1) is 34.5. The molecule has 10 heteroatoms. The van der Waals surface area contributed by atoms with Gasteiger partial charge in [0.25, 0.3) is 10.0 Å². The van der Waals surface area contributed by atoms with Crippen LogP contribution in [0.25, 0.3) is 0 Å². The number of aryl methyl sites for hydroxylation is 1. The van der Waals surface area contributed by atoms with E-state index in [0.29, 0.717) is 10.8 Å². The SMILES string of the molecule is CCOc1ccccc1N(CC(=O)N(Cc1ccc(C)cc1)C(Cc1ccccc1)C(=O)NC(C)C)S(=O)(=O)c1ccc(Cl)cc1. The molecule has 0 saturated heterocycles. The highest BCUT2D eigenvalue weighted by molar-refractivity contribution is 7.92. The predicted molar refractivity (Wildman–Crippen MR) is 183 cm³/mol. The van der Waals surface area contributed by atoms with Crippen molar-refractivity contribution in [2.24, 2.45) is 0 Å². The zero-order chi connectivity index (χ0) is 33.3. The lowest BCUT2D eigenvalue weighted by Gasteiger charge is -2.34. The minimum absolute atomic E-state index is 0.0422. The Morgan fingerprint density at radius 1 is 0.848 bits per heavy atom. The highest BCUT2D eigenvalue weighted by atomic mass is 35.5. The summed E-state index contributed by atoms with van der Waals surface area (Å²) < 4.78 is 35.4. The van der Waals surface area contributed by atoms with E-state index >= 15 is 0 Å². The van der Waals surface area contributed by atoms with Crippen molar-refractivity contribution in [2.45, 2.75) is 57.6 Å². The topological polar surface area (TPSA) is 96.0 Å². The summed E-state index contributed by atoms with van der Waals surface area (Å²) in [5, 5.41) is 3.34. The van der Waals surface area contributed by atoms with Gasteiger partial charge in [-0.25, -0.2) is 8.42 Å². The van der Waals surface area contributed by atoms with Crippen LogP contribution in [0.1, 0.15) is 37.5 Å². The lowest BCUT2D eigenvalue weighted by atomic mass is 10.0. The van der Waals surface area contributed by atoms with Gasteiger partial charge in [-0.3, -0.25) is 13.9 Å². The summed E-state index contributed by atoms with van der Waals surface area (Å²) in [6.07, 6.45) is 0.233. The Balaban J connectivity index is 1.84. The van der Waals surface area contributed by atoms with Crippen molar-refractivity contribution < 1.29 is 22.7 Å². The van der Waals surface area contributed by atoms with Gasteiger partial charge in [0.2, 0.25) is 11.8 Å². The second kappa shape index (κ2) is 15.8. The Labute approximate surface area is 277 Å². The van der Waals surface area contributed by atoms with Crippen LogP contribution in [0.2, 0.25) is 5.02 Å². The third kappa shape index (κ3) is 8.89. The van der Waals surface area contributed by atoms with E-state index in [4.69, 9.17) is 16.3 Å². The molecule has 1 atom stereocenters. The number of para-hydroxylation sites is 2. The van der Waals surface area contributed by atoms with Gasteiger partial charge in [-0.1, -0.05) is 83.9 Å². The van der Waals surface area contributed by atoms with E-state index in [-0.39, 0.29) is 42.1 Å². The van der Waals surface area contributed by atoms with E-state index in [9.17, 15) is 18.0 Å². The van der Waals surface area contributed by atoms with Crippen LogP contribution in [0.5, 0.6) is 5.75 Å². The molecule has 8 nitrogen and oxygen atoms in total. The van der Waals surface area contributed by atoms with Crippen LogP contribution in [0, 0.1) is 6.92 Å². The zero-order valence-electron chi connectivity index (χ0n) is 26.5. The molecule has 46 heavy (non-hydrogen) atoms. The Bertz CT molecular complexity index is 1710. The van der Waals surface area contributed by atoms with Crippen LogP contribution >= 0.6 is 11.6 Å². The monoisotopic (exact) mass is 661 g/mol. The molecule has 0 heterocycles. The van der Waals surface area contributed by atoms with Crippen LogP contribution in [0.3, 0.4) is 0 Å². The first-order valence-electron chi connectivity index (χ1n) is 15.2. The van der Waals surface area contributed by atoms with Gasteiger partial charge in [-0.15, -0.1) is 0 Å². The molecule has 0 aliphatic heterocycles. The smallest absolute Gasteiger partial charge is 0.264 e. The fraction of sp³-hybridized carbons (Fsp3) is 0.278. The molecular weight excluding hydrogens is 622 g/mol.